The van der Waals surface area contributed by atoms with Crippen molar-refractivity contribution in [3.8, 4) is 0 Å². The van der Waals surface area contributed by atoms with Gasteiger partial charge in [0.2, 0.25) is 0 Å². The summed E-state index contributed by atoms with van der Waals surface area (Å²) in [4.78, 5) is 13.7. The van der Waals surface area contributed by atoms with E-state index >= 15 is 0 Å². The predicted octanol–water partition coefficient (Wildman–Crippen LogP) is 2.06. The van der Waals surface area contributed by atoms with Crippen molar-refractivity contribution < 1.29 is 13.9 Å². The molecule has 1 saturated heterocycles. The Bertz CT molecular complexity index is 405. The Hall–Kier alpha value is -0.940. The Kier molecular flexibility index (Phi) is 3.56. The van der Waals surface area contributed by atoms with Crippen LogP contribution >= 0.6 is 15.9 Å². The molecule has 0 bridgehead atoms. The largest absolute Gasteiger partial charge is 0.378 e. The third-order valence-corrected chi connectivity index (χ3v) is 3.15. The van der Waals surface area contributed by atoms with Gasteiger partial charge in [-0.3, -0.25) is 4.79 Å². The van der Waals surface area contributed by atoms with E-state index in [4.69, 9.17) is 4.74 Å². The Labute approximate surface area is 101 Å². The molecule has 0 saturated carbocycles. The zero-order chi connectivity index (χ0) is 11.5. The molecule has 86 valence electrons. The maximum absolute atomic E-state index is 13.1. The number of rotatable bonds is 1. The summed E-state index contributed by atoms with van der Waals surface area (Å²) in [5, 5.41) is 0. The molecule has 1 aliphatic rings. The zero-order valence-electron chi connectivity index (χ0n) is 8.58. The number of benzene rings is 1. The van der Waals surface area contributed by atoms with Crippen LogP contribution in [0.1, 0.15) is 10.4 Å². The van der Waals surface area contributed by atoms with E-state index in [2.05, 4.69) is 15.9 Å². The molecule has 5 heteroatoms. The van der Waals surface area contributed by atoms with E-state index in [0.29, 0.717) is 36.3 Å². The lowest BCUT2D eigenvalue weighted by Gasteiger charge is -2.27. The van der Waals surface area contributed by atoms with Crippen LogP contribution in [0.15, 0.2) is 22.7 Å². The molecule has 1 aromatic carbocycles. The van der Waals surface area contributed by atoms with Crippen molar-refractivity contribution in [1.82, 2.24) is 4.90 Å². The first kappa shape index (κ1) is 11.5. The molecule has 0 atom stereocenters. The molecule has 1 aromatic rings. The third kappa shape index (κ3) is 2.41. The summed E-state index contributed by atoms with van der Waals surface area (Å²) < 4.78 is 18.8. The van der Waals surface area contributed by atoms with Crippen molar-refractivity contribution >= 4 is 21.8 Å². The number of hydrogen-bond donors (Lipinski definition) is 0. The van der Waals surface area contributed by atoms with E-state index in [1.165, 1.54) is 12.1 Å². The van der Waals surface area contributed by atoms with E-state index in [1.807, 2.05) is 0 Å². The van der Waals surface area contributed by atoms with Gasteiger partial charge < -0.3 is 9.64 Å². The van der Waals surface area contributed by atoms with Crippen molar-refractivity contribution in [3.63, 3.8) is 0 Å². The highest BCUT2D eigenvalue weighted by Crippen LogP contribution is 2.20. The number of hydrogen-bond acceptors (Lipinski definition) is 2. The quantitative estimate of drug-likeness (QED) is 0.791. The number of carbonyl (C=O) groups is 1. The molecular weight excluding hydrogens is 277 g/mol. The lowest BCUT2D eigenvalue weighted by molar-refractivity contribution is 0.0302. The summed E-state index contributed by atoms with van der Waals surface area (Å²) in [6.45, 7) is 2.20. The van der Waals surface area contributed by atoms with Crippen molar-refractivity contribution in [2.75, 3.05) is 26.3 Å². The van der Waals surface area contributed by atoms with Crippen LogP contribution in [0.4, 0.5) is 4.39 Å². The first-order chi connectivity index (χ1) is 7.68. The van der Waals surface area contributed by atoms with Gasteiger partial charge in [0.1, 0.15) is 5.82 Å². The third-order valence-electron chi connectivity index (χ3n) is 2.46. The number of amides is 1. The monoisotopic (exact) mass is 287 g/mol. The van der Waals surface area contributed by atoms with Crippen LogP contribution in [0, 0.1) is 5.82 Å². The van der Waals surface area contributed by atoms with Gasteiger partial charge in [-0.1, -0.05) is 0 Å². The average Bonchev–Trinajstić information content (AvgIpc) is 2.32. The van der Waals surface area contributed by atoms with E-state index in [-0.39, 0.29) is 5.91 Å². The smallest absolute Gasteiger partial charge is 0.255 e. The summed E-state index contributed by atoms with van der Waals surface area (Å²) >= 11 is 3.25. The Morgan fingerprint density at radius 2 is 2.06 bits per heavy atom. The molecule has 2 rings (SSSR count). The minimum atomic E-state index is -0.403. The molecule has 3 nitrogen and oxygen atoms in total. The standard InChI is InChI=1S/C11H11BrFNO2/c12-10-2-1-8(13)7-9(10)11(15)14-3-5-16-6-4-14/h1-2,7H,3-6H2. The van der Waals surface area contributed by atoms with Crippen LogP contribution in [0.3, 0.4) is 0 Å². The predicted molar refractivity (Wildman–Crippen MR) is 60.8 cm³/mol. The molecule has 1 aliphatic heterocycles. The summed E-state index contributed by atoms with van der Waals surface area (Å²) in [6, 6.07) is 4.12. The van der Waals surface area contributed by atoms with Gasteiger partial charge in [-0.05, 0) is 34.1 Å². The molecule has 0 aliphatic carbocycles. The van der Waals surface area contributed by atoms with Gasteiger partial charge in [-0.25, -0.2) is 4.39 Å². The summed E-state index contributed by atoms with van der Waals surface area (Å²) in [5.41, 5.74) is 0.363. The molecular formula is C11H11BrFNO2. The van der Waals surface area contributed by atoms with Crippen molar-refractivity contribution in [1.29, 1.82) is 0 Å². The van der Waals surface area contributed by atoms with E-state index in [1.54, 1.807) is 11.0 Å². The van der Waals surface area contributed by atoms with Gasteiger partial charge in [-0.15, -0.1) is 0 Å². The molecule has 0 aromatic heterocycles. The normalized spacial score (nSPS) is 16.2. The van der Waals surface area contributed by atoms with Crippen LogP contribution in [-0.4, -0.2) is 37.1 Å². The second-order valence-electron chi connectivity index (χ2n) is 3.53. The minimum Gasteiger partial charge on any atom is -0.378 e. The minimum absolute atomic E-state index is 0.158. The maximum Gasteiger partial charge on any atom is 0.255 e. The SMILES string of the molecule is O=C(c1cc(F)ccc1Br)N1CCOCC1. The summed E-state index contributed by atoms with van der Waals surface area (Å²) in [5.74, 6) is -0.561. The Morgan fingerprint density at radius 3 is 2.75 bits per heavy atom. The lowest BCUT2D eigenvalue weighted by atomic mass is 10.2. The van der Waals surface area contributed by atoms with Crippen LogP contribution < -0.4 is 0 Å². The van der Waals surface area contributed by atoms with Gasteiger partial charge in [0, 0.05) is 17.6 Å². The van der Waals surface area contributed by atoms with Crippen LogP contribution in [-0.2, 0) is 4.74 Å². The Balaban J connectivity index is 2.22. The highest BCUT2D eigenvalue weighted by molar-refractivity contribution is 9.10. The number of morpholine rings is 1. The highest BCUT2D eigenvalue weighted by Gasteiger charge is 2.20. The fourth-order valence-corrected chi connectivity index (χ4v) is 2.01. The van der Waals surface area contributed by atoms with Crippen LogP contribution in [0.25, 0.3) is 0 Å². The molecule has 0 N–H and O–H groups in total. The summed E-state index contributed by atoms with van der Waals surface area (Å²) in [7, 11) is 0. The second-order valence-corrected chi connectivity index (χ2v) is 4.38. The van der Waals surface area contributed by atoms with Crippen molar-refractivity contribution in [2.24, 2.45) is 0 Å². The molecule has 1 heterocycles. The fraction of sp³-hybridized carbons (Fsp3) is 0.364. The van der Waals surface area contributed by atoms with Gasteiger partial charge in [0.25, 0.3) is 5.91 Å². The van der Waals surface area contributed by atoms with Crippen LogP contribution in [0.5, 0.6) is 0 Å². The van der Waals surface area contributed by atoms with Crippen molar-refractivity contribution in [2.45, 2.75) is 0 Å². The van der Waals surface area contributed by atoms with Gasteiger partial charge >= 0.3 is 0 Å². The second kappa shape index (κ2) is 4.93. The first-order valence-electron chi connectivity index (χ1n) is 5.00. The zero-order valence-corrected chi connectivity index (χ0v) is 10.2. The Morgan fingerprint density at radius 1 is 1.38 bits per heavy atom. The first-order valence-corrected chi connectivity index (χ1v) is 5.80. The average molecular weight is 288 g/mol. The van der Waals surface area contributed by atoms with E-state index < -0.39 is 5.82 Å². The summed E-state index contributed by atoms with van der Waals surface area (Å²) in [6.07, 6.45) is 0. The number of ether oxygens (including phenoxy) is 1. The maximum atomic E-state index is 13.1. The lowest BCUT2D eigenvalue weighted by Crippen LogP contribution is -2.40. The van der Waals surface area contributed by atoms with Gasteiger partial charge in [0.05, 0.1) is 18.8 Å². The highest BCUT2D eigenvalue weighted by atomic mass is 79.9. The fourth-order valence-electron chi connectivity index (χ4n) is 1.60. The molecule has 16 heavy (non-hydrogen) atoms. The van der Waals surface area contributed by atoms with E-state index in [9.17, 15) is 9.18 Å². The van der Waals surface area contributed by atoms with Gasteiger partial charge in [0.15, 0.2) is 0 Å². The molecule has 1 fully saturated rings. The molecule has 0 radical (unpaired) electrons. The van der Waals surface area contributed by atoms with Crippen molar-refractivity contribution in [3.05, 3.63) is 34.1 Å². The number of nitrogens with zero attached hydrogens (tertiary/aromatic N) is 1. The topological polar surface area (TPSA) is 29.5 Å². The van der Waals surface area contributed by atoms with E-state index in [0.717, 1.165) is 0 Å². The van der Waals surface area contributed by atoms with Crippen LogP contribution in [0.2, 0.25) is 0 Å². The molecule has 1 amide bonds. The number of halogens is 2. The molecule has 0 unspecified atom stereocenters. The number of carbonyl (C=O) groups excluding carboxylic acids is 1. The van der Waals surface area contributed by atoms with Gasteiger partial charge in [-0.2, -0.15) is 0 Å². The molecule has 0 spiro atoms.